The van der Waals surface area contributed by atoms with Gasteiger partial charge in [0.15, 0.2) is 0 Å². The van der Waals surface area contributed by atoms with E-state index in [1.165, 1.54) is 18.2 Å². The van der Waals surface area contributed by atoms with Crippen LogP contribution in [0.15, 0.2) is 48.5 Å². The molecule has 0 aliphatic carbocycles. The highest BCUT2D eigenvalue weighted by molar-refractivity contribution is 6.00. The van der Waals surface area contributed by atoms with E-state index >= 15 is 0 Å². The number of aromatic hydroxyl groups is 1. The van der Waals surface area contributed by atoms with Crippen molar-refractivity contribution in [2.75, 3.05) is 0 Å². The van der Waals surface area contributed by atoms with Crippen molar-refractivity contribution in [3.05, 3.63) is 65.2 Å². The SMILES string of the molecule is CC[C@H](C)[C@H](NC(=O)c1cc(C=O)ccc1O)C(=O)OCc1ccccc1. The smallest absolute Gasteiger partial charge is 0.329 e. The van der Waals surface area contributed by atoms with Crippen LogP contribution in [0.25, 0.3) is 0 Å². The standard InChI is InChI=1S/C21H23NO5/c1-3-14(2)19(21(26)27-13-15-7-5-4-6-8-15)22-20(25)17-11-16(12-23)9-10-18(17)24/h4-12,14,19,24H,3,13H2,1-2H3,(H,22,25)/t14-,19-/m0/s1. The lowest BCUT2D eigenvalue weighted by Gasteiger charge is -2.23. The monoisotopic (exact) mass is 369 g/mol. The van der Waals surface area contributed by atoms with Crippen molar-refractivity contribution in [3.8, 4) is 5.75 Å². The first kappa shape index (κ1) is 20.2. The van der Waals surface area contributed by atoms with Crippen LogP contribution in [0.2, 0.25) is 0 Å². The lowest BCUT2D eigenvalue weighted by Crippen LogP contribution is -2.46. The summed E-state index contributed by atoms with van der Waals surface area (Å²) in [7, 11) is 0. The van der Waals surface area contributed by atoms with Gasteiger partial charge in [0.2, 0.25) is 0 Å². The van der Waals surface area contributed by atoms with Crippen molar-refractivity contribution < 1.29 is 24.2 Å². The fourth-order valence-corrected chi connectivity index (χ4v) is 2.52. The first-order valence-electron chi connectivity index (χ1n) is 8.75. The Morgan fingerprint density at radius 1 is 1.19 bits per heavy atom. The van der Waals surface area contributed by atoms with Gasteiger partial charge in [-0.25, -0.2) is 4.79 Å². The van der Waals surface area contributed by atoms with Crippen LogP contribution in [0.1, 0.15) is 46.5 Å². The van der Waals surface area contributed by atoms with Crippen molar-refractivity contribution in [2.45, 2.75) is 32.9 Å². The molecule has 0 unspecified atom stereocenters. The zero-order chi connectivity index (χ0) is 19.8. The Hall–Kier alpha value is -3.15. The fourth-order valence-electron chi connectivity index (χ4n) is 2.52. The summed E-state index contributed by atoms with van der Waals surface area (Å²) in [4.78, 5) is 36.0. The van der Waals surface area contributed by atoms with Gasteiger partial charge < -0.3 is 15.2 Å². The minimum atomic E-state index is -0.870. The van der Waals surface area contributed by atoms with Gasteiger partial charge in [0, 0.05) is 5.56 Å². The fraction of sp³-hybridized carbons (Fsp3) is 0.286. The summed E-state index contributed by atoms with van der Waals surface area (Å²) in [5.74, 6) is -1.63. The molecule has 2 aromatic rings. The number of esters is 1. The Morgan fingerprint density at radius 3 is 2.52 bits per heavy atom. The molecule has 2 aromatic carbocycles. The van der Waals surface area contributed by atoms with Crippen LogP contribution in [0.3, 0.4) is 0 Å². The van der Waals surface area contributed by atoms with E-state index in [9.17, 15) is 19.5 Å². The number of phenolic OH excluding ortho intramolecular Hbond substituents is 1. The van der Waals surface area contributed by atoms with E-state index in [2.05, 4.69) is 5.32 Å². The van der Waals surface area contributed by atoms with Crippen molar-refractivity contribution in [2.24, 2.45) is 5.92 Å². The van der Waals surface area contributed by atoms with Crippen LogP contribution >= 0.6 is 0 Å². The maximum Gasteiger partial charge on any atom is 0.329 e. The summed E-state index contributed by atoms with van der Waals surface area (Å²) >= 11 is 0. The molecule has 0 bridgehead atoms. The molecule has 0 heterocycles. The molecule has 0 aliphatic heterocycles. The number of amides is 1. The van der Waals surface area contributed by atoms with Crippen LogP contribution < -0.4 is 5.32 Å². The second-order valence-electron chi connectivity index (χ2n) is 6.32. The van der Waals surface area contributed by atoms with Gasteiger partial charge in [0.25, 0.3) is 5.91 Å². The Balaban J connectivity index is 2.12. The van der Waals surface area contributed by atoms with Gasteiger partial charge in [-0.1, -0.05) is 50.6 Å². The van der Waals surface area contributed by atoms with E-state index in [4.69, 9.17) is 4.74 Å². The molecule has 2 rings (SSSR count). The molecule has 0 fully saturated rings. The Bertz CT molecular complexity index is 803. The molecule has 0 spiro atoms. The van der Waals surface area contributed by atoms with Crippen LogP contribution in [-0.2, 0) is 16.1 Å². The number of nitrogens with one attached hydrogen (secondary N) is 1. The van der Waals surface area contributed by atoms with E-state index in [0.717, 1.165) is 5.56 Å². The predicted octanol–water partition coefficient (Wildman–Crippen LogP) is 3.09. The summed E-state index contributed by atoms with van der Waals surface area (Å²) in [6, 6.07) is 12.3. The lowest BCUT2D eigenvalue weighted by molar-refractivity contribution is -0.148. The maximum absolute atomic E-state index is 12.5. The van der Waals surface area contributed by atoms with Crippen LogP contribution in [0.5, 0.6) is 5.75 Å². The zero-order valence-corrected chi connectivity index (χ0v) is 15.3. The van der Waals surface area contributed by atoms with E-state index in [1.807, 2.05) is 44.2 Å². The second kappa shape index (κ2) is 9.52. The third-order valence-electron chi connectivity index (χ3n) is 4.38. The number of aldehydes is 1. The highest BCUT2D eigenvalue weighted by Gasteiger charge is 2.28. The molecule has 0 saturated carbocycles. The number of carbonyl (C=O) groups excluding carboxylic acids is 3. The number of rotatable bonds is 8. The molecule has 6 nitrogen and oxygen atoms in total. The molecular weight excluding hydrogens is 346 g/mol. The minimum Gasteiger partial charge on any atom is -0.507 e. The van der Waals surface area contributed by atoms with Gasteiger partial charge in [0.1, 0.15) is 24.7 Å². The molecule has 0 saturated heterocycles. The van der Waals surface area contributed by atoms with Crippen molar-refractivity contribution >= 4 is 18.2 Å². The average Bonchev–Trinajstić information content (AvgIpc) is 2.70. The van der Waals surface area contributed by atoms with Crippen molar-refractivity contribution in [3.63, 3.8) is 0 Å². The average molecular weight is 369 g/mol. The molecule has 2 atom stereocenters. The van der Waals surface area contributed by atoms with Gasteiger partial charge in [-0.3, -0.25) is 9.59 Å². The lowest BCUT2D eigenvalue weighted by atomic mass is 9.98. The van der Waals surface area contributed by atoms with Gasteiger partial charge in [0.05, 0.1) is 5.56 Å². The molecule has 27 heavy (non-hydrogen) atoms. The van der Waals surface area contributed by atoms with Gasteiger partial charge in [-0.15, -0.1) is 0 Å². The molecule has 0 aromatic heterocycles. The predicted molar refractivity (Wildman–Crippen MR) is 100 cm³/mol. The van der Waals surface area contributed by atoms with E-state index in [-0.39, 0.29) is 29.4 Å². The van der Waals surface area contributed by atoms with Crippen LogP contribution in [0.4, 0.5) is 0 Å². The number of ether oxygens (including phenoxy) is 1. The highest BCUT2D eigenvalue weighted by atomic mass is 16.5. The maximum atomic E-state index is 12.5. The first-order valence-corrected chi connectivity index (χ1v) is 8.75. The summed E-state index contributed by atoms with van der Waals surface area (Å²) < 4.78 is 5.35. The summed E-state index contributed by atoms with van der Waals surface area (Å²) in [6.07, 6.45) is 1.22. The number of phenols is 1. The Labute approximate surface area is 158 Å². The quantitative estimate of drug-likeness (QED) is 0.551. The number of benzene rings is 2. The Morgan fingerprint density at radius 2 is 1.89 bits per heavy atom. The summed E-state index contributed by atoms with van der Waals surface area (Å²) in [5, 5.41) is 12.5. The van der Waals surface area contributed by atoms with Crippen LogP contribution in [-0.4, -0.2) is 29.3 Å². The number of hydrogen-bond donors (Lipinski definition) is 2. The molecule has 0 aliphatic rings. The van der Waals surface area contributed by atoms with E-state index in [1.54, 1.807) is 0 Å². The molecule has 1 amide bonds. The Kier molecular flexibility index (Phi) is 7.11. The van der Waals surface area contributed by atoms with Gasteiger partial charge in [-0.2, -0.15) is 0 Å². The molecule has 2 N–H and O–H groups in total. The molecule has 142 valence electrons. The first-order chi connectivity index (χ1) is 13.0. The summed E-state index contributed by atoms with van der Waals surface area (Å²) in [6.45, 7) is 3.84. The van der Waals surface area contributed by atoms with Crippen molar-refractivity contribution in [1.29, 1.82) is 0 Å². The van der Waals surface area contributed by atoms with E-state index in [0.29, 0.717) is 12.7 Å². The minimum absolute atomic E-state index is 0.0660. The third-order valence-corrected chi connectivity index (χ3v) is 4.38. The molecule has 0 radical (unpaired) electrons. The second-order valence-corrected chi connectivity index (χ2v) is 6.32. The topological polar surface area (TPSA) is 92.7 Å². The van der Waals surface area contributed by atoms with Gasteiger partial charge in [-0.05, 0) is 29.7 Å². The number of hydrogen-bond acceptors (Lipinski definition) is 5. The zero-order valence-electron chi connectivity index (χ0n) is 15.3. The molecular formula is C21H23NO5. The summed E-state index contributed by atoms with van der Waals surface area (Å²) in [5.41, 5.74) is 1.03. The highest BCUT2D eigenvalue weighted by Crippen LogP contribution is 2.19. The van der Waals surface area contributed by atoms with Crippen molar-refractivity contribution in [1.82, 2.24) is 5.32 Å². The third kappa shape index (κ3) is 5.41. The molecule has 6 heteroatoms. The largest absolute Gasteiger partial charge is 0.507 e. The van der Waals surface area contributed by atoms with Gasteiger partial charge >= 0.3 is 5.97 Å². The normalized spacial score (nSPS) is 12.7. The van der Waals surface area contributed by atoms with Crippen LogP contribution in [0, 0.1) is 5.92 Å². The van der Waals surface area contributed by atoms with E-state index < -0.39 is 17.9 Å². The number of carbonyl (C=O) groups is 3.